The fourth-order valence-electron chi connectivity index (χ4n) is 8.05. The second-order valence-corrected chi connectivity index (χ2v) is 15.4. The topological polar surface area (TPSA) is 203 Å². The minimum absolute atomic E-state index is 0.00922. The van der Waals surface area contributed by atoms with Gasteiger partial charge in [-0.3, -0.25) is 43.6 Å². The van der Waals surface area contributed by atoms with Gasteiger partial charge < -0.3 is 30.8 Å². The van der Waals surface area contributed by atoms with Crippen LogP contribution in [0, 0.1) is 0 Å². The number of carbonyl (C=O) groups excluding carboxylic acids is 6. The average Bonchev–Trinajstić information content (AvgIpc) is 3.96. The first-order chi connectivity index (χ1) is 31.2. The molecule has 0 radical (unpaired) electrons. The molecule has 5 N–H and O–H groups in total. The molecule has 4 aromatic carbocycles. The summed E-state index contributed by atoms with van der Waals surface area (Å²) in [5, 5.41) is 22.0. The van der Waals surface area contributed by atoms with Gasteiger partial charge in [0.2, 0.25) is 17.7 Å². The molecule has 15 nitrogen and oxygen atoms in total. The molecule has 4 atom stereocenters. The monoisotopic (exact) mass is 859 g/mol. The van der Waals surface area contributed by atoms with Gasteiger partial charge >= 0.3 is 0 Å². The number of benzene rings is 4. The smallest absolute Gasteiger partial charge is 0.294 e. The molecule has 0 saturated carbocycles. The van der Waals surface area contributed by atoms with Crippen molar-refractivity contribution in [3.8, 4) is 11.1 Å². The van der Waals surface area contributed by atoms with Gasteiger partial charge in [0.1, 0.15) is 18.3 Å². The van der Waals surface area contributed by atoms with E-state index in [1.807, 2.05) is 42.5 Å². The van der Waals surface area contributed by atoms with E-state index in [1.165, 1.54) is 23.4 Å². The molecular formula is C49H45N7O8. The van der Waals surface area contributed by atoms with E-state index in [-0.39, 0.29) is 42.2 Å². The van der Waals surface area contributed by atoms with Gasteiger partial charge in [-0.05, 0) is 78.4 Å². The van der Waals surface area contributed by atoms with Crippen LogP contribution in [-0.2, 0) is 14.4 Å². The minimum Gasteiger partial charge on any atom is -0.459 e. The van der Waals surface area contributed by atoms with Gasteiger partial charge in [-0.15, -0.1) is 0 Å². The van der Waals surface area contributed by atoms with Crippen LogP contribution in [-0.4, -0.2) is 75.8 Å². The summed E-state index contributed by atoms with van der Waals surface area (Å²) in [5.41, 5.74) is 4.07. The third kappa shape index (κ3) is 9.15. The third-order valence-electron chi connectivity index (χ3n) is 11.2. The largest absolute Gasteiger partial charge is 0.459 e. The van der Waals surface area contributed by atoms with E-state index in [0.717, 1.165) is 16.0 Å². The number of imide groups is 1. The Balaban J connectivity index is 0.961. The average molecular weight is 860 g/mol. The Bertz CT molecular complexity index is 2630. The molecule has 1 saturated heterocycles. The molecule has 6 amide bonds. The number of nitrogens with zero attached hydrogens (tertiary/aromatic N) is 3. The number of rotatable bonds is 16. The van der Waals surface area contributed by atoms with Gasteiger partial charge in [0.05, 0.1) is 23.4 Å². The summed E-state index contributed by atoms with van der Waals surface area (Å²) in [5.74, 6) is -3.12. The van der Waals surface area contributed by atoms with Crippen molar-refractivity contribution in [2.24, 2.45) is 0 Å². The van der Waals surface area contributed by atoms with Crippen LogP contribution in [0.15, 0.2) is 150 Å². The highest BCUT2D eigenvalue weighted by atomic mass is 16.3. The quantitative estimate of drug-likeness (QED) is 0.0586. The van der Waals surface area contributed by atoms with E-state index < -0.39 is 53.9 Å². The fraction of sp³-hybridized carbons (Fsp3) is 0.204. The van der Waals surface area contributed by atoms with Crippen molar-refractivity contribution in [2.75, 3.05) is 23.3 Å². The van der Waals surface area contributed by atoms with Crippen LogP contribution in [0.1, 0.15) is 80.2 Å². The van der Waals surface area contributed by atoms with Crippen molar-refractivity contribution >= 4 is 46.8 Å². The van der Waals surface area contributed by atoms with Crippen molar-refractivity contribution in [3.63, 3.8) is 0 Å². The third-order valence-corrected chi connectivity index (χ3v) is 11.2. The molecule has 2 unspecified atom stereocenters. The van der Waals surface area contributed by atoms with Gasteiger partial charge in [0, 0.05) is 48.8 Å². The van der Waals surface area contributed by atoms with E-state index in [2.05, 4.69) is 26.3 Å². The van der Waals surface area contributed by atoms with Gasteiger partial charge in [0.25, 0.3) is 17.7 Å². The van der Waals surface area contributed by atoms with Crippen molar-refractivity contribution in [1.82, 2.24) is 25.8 Å². The van der Waals surface area contributed by atoms with Gasteiger partial charge in [-0.25, -0.2) is 0 Å². The van der Waals surface area contributed by atoms with Crippen LogP contribution >= 0.6 is 0 Å². The first-order valence-electron chi connectivity index (χ1n) is 21.0. The number of pyridine rings is 1. The normalized spacial score (nSPS) is 16.6. The number of aliphatic hydroxyl groups is 1. The molecular weight excluding hydrogens is 815 g/mol. The highest BCUT2D eigenvalue weighted by Gasteiger charge is 2.45. The SMILES string of the molecule is O=C1CCC(N2C(=O)c3cccc(NCCCCNC(=O)[C@H](NC(=O)[C@@H](c4cccnc4)N(C(=O)c4ccco4)c4ccc(-c5ccccc5)cc4)c4ccccc4)c3C2=O)C(O)N1. The number of furan rings is 1. The van der Waals surface area contributed by atoms with Gasteiger partial charge in [0.15, 0.2) is 5.76 Å². The summed E-state index contributed by atoms with van der Waals surface area (Å²) in [7, 11) is 0. The molecule has 324 valence electrons. The first-order valence-corrected chi connectivity index (χ1v) is 21.0. The molecule has 2 aromatic heterocycles. The molecule has 4 heterocycles. The number of aliphatic hydroxyl groups excluding tert-OH is 1. The lowest BCUT2D eigenvalue weighted by atomic mass is 10.0. The highest BCUT2D eigenvalue weighted by molar-refractivity contribution is 6.24. The number of aromatic nitrogens is 1. The number of carbonyl (C=O) groups is 6. The van der Waals surface area contributed by atoms with Crippen molar-refractivity contribution < 1.29 is 38.3 Å². The molecule has 6 aromatic rings. The Morgan fingerprint density at radius 3 is 2.20 bits per heavy atom. The predicted octanol–water partition coefficient (Wildman–Crippen LogP) is 5.79. The van der Waals surface area contributed by atoms with Crippen molar-refractivity contribution in [3.05, 3.63) is 174 Å². The zero-order valence-corrected chi connectivity index (χ0v) is 34.6. The maximum absolute atomic E-state index is 14.8. The van der Waals surface area contributed by atoms with Crippen LogP contribution in [0.25, 0.3) is 11.1 Å². The Morgan fingerprint density at radius 2 is 1.50 bits per heavy atom. The lowest BCUT2D eigenvalue weighted by Gasteiger charge is -2.33. The maximum atomic E-state index is 14.8. The number of hydrogen-bond acceptors (Lipinski definition) is 10. The summed E-state index contributed by atoms with van der Waals surface area (Å²) in [6, 6.07) is 33.9. The standard InChI is InChI=1S/C49H45N7O8/c57-40-25-24-38(44(58)53-40)56-47(61)36-17-9-18-37(41(36)49(56)63)51-27-7-8-28-52-45(59)42(33-14-5-2-6-15-33)54-46(60)43(34-16-10-26-50-30-34)55(48(62)39-19-11-29-64-39)35-22-20-32(21-23-35)31-12-3-1-4-13-31/h1-6,9-23,26,29-30,38,42-44,51,58H,7-8,24-25,27-28H2,(H,52,59)(H,53,57)(H,54,60)/t38?,42-,43-,44?/m1/s1. The highest BCUT2D eigenvalue weighted by Crippen LogP contribution is 2.34. The second-order valence-electron chi connectivity index (χ2n) is 15.4. The number of anilines is 2. The zero-order valence-electron chi connectivity index (χ0n) is 34.6. The Hall–Kier alpha value is -7.91. The fourth-order valence-corrected chi connectivity index (χ4v) is 8.05. The summed E-state index contributed by atoms with van der Waals surface area (Å²) in [4.78, 5) is 88.4. The van der Waals surface area contributed by atoms with E-state index in [0.29, 0.717) is 41.9 Å². The zero-order chi connectivity index (χ0) is 44.6. The number of unbranched alkanes of at least 4 members (excludes halogenated alkanes) is 1. The second kappa shape index (κ2) is 19.4. The van der Waals surface area contributed by atoms with E-state index in [1.54, 1.807) is 85.1 Å². The van der Waals surface area contributed by atoms with Crippen LogP contribution < -0.4 is 26.2 Å². The van der Waals surface area contributed by atoms with Crippen LogP contribution in [0.3, 0.4) is 0 Å². The Labute approximate surface area is 368 Å². The number of piperidine rings is 1. The summed E-state index contributed by atoms with van der Waals surface area (Å²) < 4.78 is 5.55. The molecule has 2 aliphatic heterocycles. The maximum Gasteiger partial charge on any atom is 0.294 e. The van der Waals surface area contributed by atoms with Crippen molar-refractivity contribution in [2.45, 2.75) is 50.0 Å². The number of hydrogen-bond donors (Lipinski definition) is 5. The molecule has 0 aliphatic carbocycles. The number of fused-ring (bicyclic) bond motifs is 1. The van der Waals surface area contributed by atoms with Crippen LogP contribution in [0.4, 0.5) is 11.4 Å². The Morgan fingerprint density at radius 1 is 0.781 bits per heavy atom. The molecule has 64 heavy (non-hydrogen) atoms. The van der Waals surface area contributed by atoms with E-state index in [9.17, 15) is 33.9 Å². The molecule has 1 fully saturated rings. The lowest BCUT2D eigenvalue weighted by Crippen LogP contribution is -2.57. The summed E-state index contributed by atoms with van der Waals surface area (Å²) >= 11 is 0. The molecule has 8 rings (SSSR count). The Kier molecular flexibility index (Phi) is 13.0. The molecule has 0 bridgehead atoms. The van der Waals surface area contributed by atoms with Gasteiger partial charge in [-0.2, -0.15) is 0 Å². The summed E-state index contributed by atoms with van der Waals surface area (Å²) in [6.45, 7) is 0.638. The van der Waals surface area contributed by atoms with Crippen molar-refractivity contribution in [1.29, 1.82) is 0 Å². The van der Waals surface area contributed by atoms with E-state index >= 15 is 0 Å². The predicted molar refractivity (Wildman–Crippen MR) is 237 cm³/mol. The first kappa shape index (κ1) is 42.8. The van der Waals surface area contributed by atoms with Crippen LogP contribution in [0.5, 0.6) is 0 Å². The molecule has 0 spiro atoms. The molecule has 2 aliphatic rings. The minimum atomic E-state index is -1.36. The van der Waals surface area contributed by atoms with E-state index in [4.69, 9.17) is 4.42 Å². The lowest BCUT2D eigenvalue weighted by molar-refractivity contribution is -0.129. The number of nitrogens with one attached hydrogen (secondary N) is 4. The molecule has 15 heteroatoms. The van der Waals surface area contributed by atoms with Crippen LogP contribution in [0.2, 0.25) is 0 Å². The summed E-state index contributed by atoms with van der Waals surface area (Å²) in [6.07, 6.45) is 4.40. The number of amides is 6. The van der Waals surface area contributed by atoms with Gasteiger partial charge in [-0.1, -0.05) is 84.9 Å².